The molecule has 1 N–H and O–H groups in total. The van der Waals surface area contributed by atoms with Crippen LogP contribution in [0.25, 0.3) is 0 Å². The number of methoxy groups -OCH3 is 1. The molecule has 94 valence electrons. The van der Waals surface area contributed by atoms with Crippen LogP contribution in [0.4, 0.5) is 0 Å². The van der Waals surface area contributed by atoms with Crippen molar-refractivity contribution < 1.29 is 9.84 Å². The summed E-state index contributed by atoms with van der Waals surface area (Å²) in [6.07, 6.45) is 5.81. The van der Waals surface area contributed by atoms with Crippen LogP contribution < -0.4 is 4.74 Å². The Kier molecular flexibility index (Phi) is 3.33. The van der Waals surface area contributed by atoms with Crippen molar-refractivity contribution in [3.63, 3.8) is 0 Å². The van der Waals surface area contributed by atoms with Crippen molar-refractivity contribution >= 4 is 0 Å². The van der Waals surface area contributed by atoms with Gasteiger partial charge in [-0.1, -0.05) is 13.8 Å². The molecular formula is C13H20N2O2. The summed E-state index contributed by atoms with van der Waals surface area (Å²) >= 11 is 0. The molecule has 4 heteroatoms. The van der Waals surface area contributed by atoms with E-state index in [2.05, 4.69) is 23.8 Å². The van der Waals surface area contributed by atoms with Crippen LogP contribution in [0.1, 0.15) is 38.8 Å². The van der Waals surface area contributed by atoms with Gasteiger partial charge in [-0.2, -0.15) is 0 Å². The molecule has 1 aromatic rings. The molecule has 1 saturated carbocycles. The molecule has 4 nitrogen and oxygen atoms in total. The monoisotopic (exact) mass is 236 g/mol. The zero-order chi connectivity index (χ0) is 12.5. The van der Waals surface area contributed by atoms with Gasteiger partial charge in [-0.15, -0.1) is 0 Å². The van der Waals surface area contributed by atoms with Crippen LogP contribution in [-0.2, 0) is 5.60 Å². The Hall–Kier alpha value is -1.16. The average Bonchev–Trinajstić information content (AvgIpc) is 2.27. The van der Waals surface area contributed by atoms with E-state index >= 15 is 0 Å². The maximum Gasteiger partial charge on any atom is 0.238 e. The minimum atomic E-state index is -0.892. The zero-order valence-corrected chi connectivity index (χ0v) is 10.7. The fourth-order valence-electron chi connectivity index (χ4n) is 3.08. The van der Waals surface area contributed by atoms with Crippen molar-refractivity contribution in [2.75, 3.05) is 7.11 Å². The Morgan fingerprint density at radius 1 is 1.24 bits per heavy atom. The lowest BCUT2D eigenvalue weighted by molar-refractivity contribution is -0.0418. The molecule has 1 aromatic heterocycles. The minimum Gasteiger partial charge on any atom is -0.480 e. The molecule has 0 spiro atoms. The molecule has 0 aromatic carbocycles. The smallest absolute Gasteiger partial charge is 0.238 e. The molecule has 1 fully saturated rings. The normalized spacial score (nSPS) is 33.4. The van der Waals surface area contributed by atoms with Crippen molar-refractivity contribution in [3.8, 4) is 5.88 Å². The lowest BCUT2D eigenvalue weighted by Crippen LogP contribution is -2.36. The highest BCUT2D eigenvalue weighted by atomic mass is 16.5. The van der Waals surface area contributed by atoms with E-state index in [9.17, 15) is 5.11 Å². The van der Waals surface area contributed by atoms with Crippen molar-refractivity contribution in [3.05, 3.63) is 18.1 Å². The first-order chi connectivity index (χ1) is 8.05. The maximum absolute atomic E-state index is 10.8. The van der Waals surface area contributed by atoms with Gasteiger partial charge in [0.25, 0.3) is 0 Å². The molecule has 0 aliphatic heterocycles. The summed E-state index contributed by atoms with van der Waals surface area (Å²) in [6, 6.07) is 0. The van der Waals surface area contributed by atoms with Gasteiger partial charge in [-0.25, -0.2) is 4.98 Å². The van der Waals surface area contributed by atoms with E-state index in [1.54, 1.807) is 19.5 Å². The van der Waals surface area contributed by atoms with Crippen LogP contribution >= 0.6 is 0 Å². The Balaban J connectivity index is 2.36. The quantitative estimate of drug-likeness (QED) is 0.854. The van der Waals surface area contributed by atoms with Crippen LogP contribution in [0.5, 0.6) is 5.88 Å². The third-order valence-corrected chi connectivity index (χ3v) is 3.48. The summed E-state index contributed by atoms with van der Waals surface area (Å²) in [6.45, 7) is 4.34. The maximum atomic E-state index is 10.8. The fourth-order valence-corrected chi connectivity index (χ4v) is 3.08. The molecule has 1 aliphatic carbocycles. The molecule has 0 radical (unpaired) electrons. The van der Waals surface area contributed by atoms with Crippen LogP contribution in [-0.4, -0.2) is 22.2 Å². The van der Waals surface area contributed by atoms with Crippen molar-refractivity contribution in [2.45, 2.75) is 38.7 Å². The Bertz CT molecular complexity index is 385. The molecular weight excluding hydrogens is 216 g/mol. The van der Waals surface area contributed by atoms with Gasteiger partial charge < -0.3 is 9.84 Å². The Labute approximate surface area is 102 Å². The second-order valence-electron chi connectivity index (χ2n) is 5.30. The first-order valence-corrected chi connectivity index (χ1v) is 6.13. The molecule has 2 atom stereocenters. The molecule has 17 heavy (non-hydrogen) atoms. The molecule has 0 saturated heterocycles. The fraction of sp³-hybridized carbons (Fsp3) is 0.692. The van der Waals surface area contributed by atoms with Crippen LogP contribution in [0.15, 0.2) is 12.4 Å². The van der Waals surface area contributed by atoms with E-state index in [1.165, 1.54) is 0 Å². The third-order valence-electron chi connectivity index (χ3n) is 3.48. The third kappa shape index (κ3) is 2.41. The van der Waals surface area contributed by atoms with Crippen LogP contribution in [0.3, 0.4) is 0 Å². The summed E-state index contributed by atoms with van der Waals surface area (Å²) in [7, 11) is 1.56. The van der Waals surface area contributed by atoms with Crippen molar-refractivity contribution in [2.24, 2.45) is 11.8 Å². The zero-order valence-electron chi connectivity index (χ0n) is 10.7. The number of hydrogen-bond acceptors (Lipinski definition) is 4. The first kappa shape index (κ1) is 12.3. The summed E-state index contributed by atoms with van der Waals surface area (Å²) in [5.41, 5.74) is -0.308. The number of aromatic nitrogens is 2. The Morgan fingerprint density at radius 3 is 2.41 bits per heavy atom. The standard InChI is InChI=1S/C13H20N2O2/c1-9-6-10(2)8-13(16,7-9)11-12(17-3)15-5-4-14-11/h4-5,9-10,16H,6-8H2,1-3H3. The van der Waals surface area contributed by atoms with Gasteiger partial charge in [0, 0.05) is 12.4 Å². The van der Waals surface area contributed by atoms with Crippen LogP contribution in [0.2, 0.25) is 0 Å². The lowest BCUT2D eigenvalue weighted by Gasteiger charge is -2.38. The summed E-state index contributed by atoms with van der Waals surface area (Å²) in [5, 5.41) is 10.8. The molecule has 1 heterocycles. The average molecular weight is 236 g/mol. The minimum absolute atomic E-state index is 0.441. The second kappa shape index (κ2) is 4.61. The number of nitrogens with zero attached hydrogens (tertiary/aromatic N) is 2. The second-order valence-corrected chi connectivity index (χ2v) is 5.30. The van der Waals surface area contributed by atoms with Gasteiger partial charge in [0.1, 0.15) is 11.3 Å². The van der Waals surface area contributed by atoms with E-state index in [0.717, 1.165) is 19.3 Å². The number of ether oxygens (including phenoxy) is 1. The lowest BCUT2D eigenvalue weighted by atomic mass is 9.72. The summed E-state index contributed by atoms with van der Waals surface area (Å²) in [5.74, 6) is 1.43. The molecule has 0 bridgehead atoms. The first-order valence-electron chi connectivity index (χ1n) is 6.13. The highest BCUT2D eigenvalue weighted by Gasteiger charge is 2.41. The predicted molar refractivity (Wildman–Crippen MR) is 64.7 cm³/mol. The van der Waals surface area contributed by atoms with Crippen LogP contribution in [0, 0.1) is 11.8 Å². The van der Waals surface area contributed by atoms with E-state index in [0.29, 0.717) is 23.4 Å². The number of hydrogen-bond donors (Lipinski definition) is 1. The molecule has 2 unspecified atom stereocenters. The van der Waals surface area contributed by atoms with E-state index < -0.39 is 5.60 Å². The molecule has 1 aliphatic rings. The SMILES string of the molecule is COc1nccnc1C1(O)CC(C)CC(C)C1. The van der Waals surface area contributed by atoms with Crippen molar-refractivity contribution in [1.29, 1.82) is 0 Å². The van der Waals surface area contributed by atoms with Gasteiger partial charge in [-0.3, -0.25) is 4.98 Å². The number of rotatable bonds is 2. The summed E-state index contributed by atoms with van der Waals surface area (Å²) < 4.78 is 5.20. The van der Waals surface area contributed by atoms with Gasteiger partial charge in [0.05, 0.1) is 7.11 Å². The highest BCUT2D eigenvalue weighted by Crippen LogP contribution is 2.43. The topological polar surface area (TPSA) is 55.2 Å². The Morgan fingerprint density at radius 2 is 1.82 bits per heavy atom. The van der Waals surface area contributed by atoms with E-state index in [1.807, 2.05) is 0 Å². The molecule has 2 rings (SSSR count). The predicted octanol–water partition coefficient (Wildman–Crippen LogP) is 2.13. The largest absolute Gasteiger partial charge is 0.480 e. The molecule has 0 amide bonds. The summed E-state index contributed by atoms with van der Waals surface area (Å²) in [4.78, 5) is 8.40. The van der Waals surface area contributed by atoms with Gasteiger partial charge >= 0.3 is 0 Å². The highest BCUT2D eigenvalue weighted by molar-refractivity contribution is 5.25. The van der Waals surface area contributed by atoms with E-state index in [4.69, 9.17) is 4.74 Å². The van der Waals surface area contributed by atoms with Crippen molar-refractivity contribution in [1.82, 2.24) is 9.97 Å². The van der Waals surface area contributed by atoms with Gasteiger partial charge in [0.2, 0.25) is 5.88 Å². The van der Waals surface area contributed by atoms with Gasteiger partial charge in [0.15, 0.2) is 0 Å². The van der Waals surface area contributed by atoms with Gasteiger partial charge in [-0.05, 0) is 31.1 Å². The number of aliphatic hydroxyl groups is 1. The van der Waals surface area contributed by atoms with E-state index in [-0.39, 0.29) is 0 Å².